The molecule has 0 atom stereocenters. The highest BCUT2D eigenvalue weighted by molar-refractivity contribution is 7.99. The number of fused-ring (bicyclic) bond motifs is 1. The zero-order valence-corrected chi connectivity index (χ0v) is 7.61. The molecule has 1 aliphatic heterocycles. The quantitative estimate of drug-likeness (QED) is 0.425. The molecule has 2 rings (SSSR count). The zero-order valence-electron chi connectivity index (χ0n) is 6.79. The summed E-state index contributed by atoms with van der Waals surface area (Å²) in [4.78, 5) is 4.44. The largest absolute Gasteiger partial charge is 0.359 e. The van der Waals surface area contributed by atoms with Crippen molar-refractivity contribution in [3.63, 3.8) is 0 Å². The molecule has 58 valence electrons. The normalized spacial score (nSPS) is 15.1. The van der Waals surface area contributed by atoms with Crippen LogP contribution in [0, 0.1) is 13.8 Å². The van der Waals surface area contributed by atoms with Crippen LogP contribution in [0.4, 0.5) is 0 Å². The Bertz CT molecular complexity index is 296. The van der Waals surface area contributed by atoms with Crippen LogP contribution in [0.1, 0.15) is 11.4 Å². The summed E-state index contributed by atoms with van der Waals surface area (Å²) in [5, 5.41) is 1.18. The summed E-state index contributed by atoms with van der Waals surface area (Å²) in [7, 11) is 0. The number of aryl methyl sites for hydroxylation is 2. The van der Waals surface area contributed by atoms with Gasteiger partial charge < -0.3 is 0 Å². The first-order chi connectivity index (χ1) is 5.27. The number of rotatable bonds is 0. The lowest BCUT2D eigenvalue weighted by molar-refractivity contribution is -0.733. The van der Waals surface area contributed by atoms with Crippen LogP contribution < -0.4 is 4.57 Å². The fourth-order valence-electron chi connectivity index (χ4n) is 1.38. The molecule has 0 unspecified atom stereocenters. The van der Waals surface area contributed by atoms with Gasteiger partial charge in [-0.3, -0.25) is 0 Å². The molecular weight excluding hydrogens is 156 g/mol. The maximum absolute atomic E-state index is 4.44. The molecule has 0 aliphatic carbocycles. The van der Waals surface area contributed by atoms with Crippen LogP contribution in [0.3, 0.4) is 0 Å². The van der Waals surface area contributed by atoms with Gasteiger partial charge in [-0.1, -0.05) is 0 Å². The van der Waals surface area contributed by atoms with E-state index in [4.69, 9.17) is 0 Å². The maximum Gasteiger partial charge on any atom is 0.359 e. The van der Waals surface area contributed by atoms with Gasteiger partial charge in [0.2, 0.25) is 0 Å². The minimum absolute atomic E-state index is 1.12. The Labute approximate surface area is 70.7 Å². The molecule has 2 nitrogen and oxygen atoms in total. The second-order valence-corrected chi connectivity index (χ2v) is 3.88. The third kappa shape index (κ3) is 1.13. The maximum atomic E-state index is 4.44. The third-order valence-corrected chi connectivity index (χ3v) is 2.85. The van der Waals surface area contributed by atoms with Crippen LogP contribution >= 0.6 is 11.8 Å². The van der Waals surface area contributed by atoms with Gasteiger partial charge in [0.1, 0.15) is 12.2 Å². The van der Waals surface area contributed by atoms with E-state index in [9.17, 15) is 0 Å². The van der Waals surface area contributed by atoms with Crippen molar-refractivity contribution in [2.24, 2.45) is 0 Å². The predicted octanol–water partition coefficient (Wildman–Crippen LogP) is 1.09. The van der Waals surface area contributed by atoms with Crippen LogP contribution in [0.5, 0.6) is 0 Å². The first kappa shape index (κ1) is 7.10. The molecule has 11 heavy (non-hydrogen) atoms. The molecular formula is C8H11N2S+. The second kappa shape index (κ2) is 2.48. The fourth-order valence-corrected chi connectivity index (χ4v) is 2.44. The number of nitrogens with zero attached hydrogens (tertiary/aromatic N) is 2. The Balaban J connectivity index is 2.60. The molecule has 2 heterocycles. The van der Waals surface area contributed by atoms with E-state index >= 15 is 0 Å². The monoisotopic (exact) mass is 167 g/mol. The van der Waals surface area contributed by atoms with Gasteiger partial charge in [0.25, 0.3) is 0 Å². The Kier molecular flexibility index (Phi) is 1.60. The number of hydrogen-bond acceptors (Lipinski definition) is 2. The summed E-state index contributed by atoms with van der Waals surface area (Å²) in [5.74, 6) is 1.18. The van der Waals surface area contributed by atoms with E-state index in [-0.39, 0.29) is 0 Å². The van der Waals surface area contributed by atoms with E-state index in [2.05, 4.69) is 22.5 Å². The minimum Gasteiger partial charge on any atom is -0.222 e. The Hall–Kier alpha value is -0.570. The lowest BCUT2D eigenvalue weighted by Crippen LogP contribution is -2.37. The van der Waals surface area contributed by atoms with Gasteiger partial charge in [-0.2, -0.15) is 0 Å². The van der Waals surface area contributed by atoms with E-state index in [1.807, 2.05) is 18.7 Å². The van der Waals surface area contributed by atoms with E-state index in [0.29, 0.717) is 0 Å². The number of aromatic nitrogens is 2. The average molecular weight is 167 g/mol. The van der Waals surface area contributed by atoms with Crippen molar-refractivity contribution in [3.05, 3.63) is 17.5 Å². The molecule has 0 saturated carbocycles. The zero-order chi connectivity index (χ0) is 7.84. The molecule has 0 amide bonds. The molecule has 0 saturated heterocycles. The van der Waals surface area contributed by atoms with Crippen molar-refractivity contribution in [1.82, 2.24) is 4.98 Å². The lowest BCUT2D eigenvalue weighted by Gasteiger charge is -1.96. The summed E-state index contributed by atoms with van der Waals surface area (Å²) in [6, 6.07) is 2.13. The summed E-state index contributed by atoms with van der Waals surface area (Å²) < 4.78 is 2.28. The Morgan fingerprint density at radius 2 is 2.36 bits per heavy atom. The summed E-state index contributed by atoms with van der Waals surface area (Å²) in [6.45, 7) is 5.32. The summed E-state index contributed by atoms with van der Waals surface area (Å²) >= 11 is 1.85. The van der Waals surface area contributed by atoms with Crippen molar-refractivity contribution >= 4 is 11.8 Å². The third-order valence-electron chi connectivity index (χ3n) is 1.89. The van der Waals surface area contributed by atoms with Gasteiger partial charge in [0, 0.05) is 18.7 Å². The molecule has 0 spiro atoms. The van der Waals surface area contributed by atoms with E-state index in [1.165, 1.54) is 16.6 Å². The standard InChI is InChI=1S/C8H11N2S/c1-6-5-7(2)10-3-4-11-8(10)9-6/h5H,3-4H2,1-2H3/q+1. The van der Waals surface area contributed by atoms with E-state index in [1.54, 1.807) is 0 Å². The van der Waals surface area contributed by atoms with Crippen molar-refractivity contribution in [2.45, 2.75) is 25.5 Å². The van der Waals surface area contributed by atoms with Crippen LogP contribution in [0.15, 0.2) is 11.2 Å². The van der Waals surface area contributed by atoms with Crippen molar-refractivity contribution < 1.29 is 4.57 Å². The topological polar surface area (TPSA) is 16.8 Å². The average Bonchev–Trinajstić information content (AvgIpc) is 2.34. The molecule has 3 heteroatoms. The van der Waals surface area contributed by atoms with Crippen molar-refractivity contribution in [2.75, 3.05) is 5.75 Å². The van der Waals surface area contributed by atoms with Crippen molar-refractivity contribution in [3.8, 4) is 0 Å². The highest BCUT2D eigenvalue weighted by Gasteiger charge is 2.22. The summed E-state index contributed by atoms with van der Waals surface area (Å²) in [5.41, 5.74) is 2.46. The SMILES string of the molecule is Cc1cc(C)[n+]2c(n1)SCC2. The van der Waals surface area contributed by atoms with Crippen LogP contribution in [-0.2, 0) is 6.54 Å². The fraction of sp³-hybridized carbons (Fsp3) is 0.500. The van der Waals surface area contributed by atoms with Crippen molar-refractivity contribution in [1.29, 1.82) is 0 Å². The van der Waals surface area contributed by atoms with Gasteiger partial charge >= 0.3 is 5.16 Å². The summed E-state index contributed by atoms with van der Waals surface area (Å²) in [6.07, 6.45) is 0. The highest BCUT2D eigenvalue weighted by atomic mass is 32.2. The molecule has 1 aliphatic rings. The number of hydrogen-bond donors (Lipinski definition) is 0. The van der Waals surface area contributed by atoms with Gasteiger partial charge in [0.05, 0.1) is 0 Å². The molecule has 0 radical (unpaired) electrons. The van der Waals surface area contributed by atoms with Gasteiger partial charge in [-0.25, -0.2) is 4.57 Å². The van der Waals surface area contributed by atoms with Crippen LogP contribution in [-0.4, -0.2) is 10.7 Å². The molecule has 0 bridgehead atoms. The van der Waals surface area contributed by atoms with E-state index < -0.39 is 0 Å². The molecule has 1 aromatic rings. The first-order valence-corrected chi connectivity index (χ1v) is 4.77. The molecule has 0 aromatic carbocycles. The second-order valence-electron chi connectivity index (χ2n) is 2.82. The van der Waals surface area contributed by atoms with Crippen LogP contribution in [0.2, 0.25) is 0 Å². The lowest BCUT2D eigenvalue weighted by atomic mass is 10.3. The van der Waals surface area contributed by atoms with Gasteiger partial charge in [0.15, 0.2) is 5.69 Å². The van der Waals surface area contributed by atoms with Crippen LogP contribution in [0.25, 0.3) is 0 Å². The van der Waals surface area contributed by atoms with Gasteiger partial charge in [-0.05, 0) is 23.7 Å². The van der Waals surface area contributed by atoms with E-state index in [0.717, 1.165) is 12.2 Å². The van der Waals surface area contributed by atoms with Gasteiger partial charge in [-0.15, -0.1) is 0 Å². The smallest absolute Gasteiger partial charge is 0.222 e. The number of thioether (sulfide) groups is 1. The molecule has 0 N–H and O–H groups in total. The molecule has 0 fully saturated rings. The predicted molar refractivity (Wildman–Crippen MR) is 44.6 cm³/mol. The Morgan fingerprint density at radius 1 is 1.55 bits per heavy atom. The minimum atomic E-state index is 1.12. The Morgan fingerprint density at radius 3 is 3.18 bits per heavy atom. The highest BCUT2D eigenvalue weighted by Crippen LogP contribution is 2.17. The molecule has 1 aromatic heterocycles. The first-order valence-electron chi connectivity index (χ1n) is 3.78.